The molecule has 0 aliphatic carbocycles. The molecule has 4 rings (SSSR count). The van der Waals surface area contributed by atoms with Crippen LogP contribution in [0.3, 0.4) is 0 Å². The molecule has 1 atom stereocenters. The molecule has 0 fully saturated rings. The van der Waals surface area contributed by atoms with Crippen LogP contribution in [-0.4, -0.2) is 10.2 Å². The summed E-state index contributed by atoms with van der Waals surface area (Å²) in [6, 6.07) is 12.6. The van der Waals surface area contributed by atoms with Crippen molar-refractivity contribution >= 4 is 23.1 Å². The van der Waals surface area contributed by atoms with Gasteiger partial charge in [0.25, 0.3) is 0 Å². The van der Waals surface area contributed by atoms with E-state index in [4.69, 9.17) is 10.5 Å². The standard InChI is InChI=1S/C19H16N4OS2/c1-11-2-4-13(5-3-11)26-10-15-17-16(12-6-7-25-9-12)14(8-20)18(21)24-19(17)23-22-15/h2-7,9,16H,10,21H2,1H3,(H,22,23). The van der Waals surface area contributed by atoms with E-state index in [0.29, 0.717) is 17.2 Å². The molecule has 1 aliphatic rings. The van der Waals surface area contributed by atoms with Crippen LogP contribution in [0, 0.1) is 18.3 Å². The van der Waals surface area contributed by atoms with Crippen LogP contribution in [-0.2, 0) is 5.75 Å². The Hall–Kier alpha value is -2.69. The van der Waals surface area contributed by atoms with Gasteiger partial charge < -0.3 is 10.5 Å². The number of benzene rings is 1. The largest absolute Gasteiger partial charge is 0.420 e. The van der Waals surface area contributed by atoms with Crippen molar-refractivity contribution in [3.05, 3.63) is 74.9 Å². The lowest BCUT2D eigenvalue weighted by Crippen LogP contribution is -2.21. The van der Waals surface area contributed by atoms with E-state index in [9.17, 15) is 5.26 Å². The highest BCUT2D eigenvalue weighted by Gasteiger charge is 2.35. The van der Waals surface area contributed by atoms with Crippen molar-refractivity contribution in [1.82, 2.24) is 10.2 Å². The summed E-state index contributed by atoms with van der Waals surface area (Å²) in [6.07, 6.45) is 0. The summed E-state index contributed by atoms with van der Waals surface area (Å²) < 4.78 is 5.60. The van der Waals surface area contributed by atoms with Crippen molar-refractivity contribution < 1.29 is 4.74 Å². The van der Waals surface area contributed by atoms with Crippen LogP contribution in [0.1, 0.15) is 28.3 Å². The van der Waals surface area contributed by atoms with E-state index >= 15 is 0 Å². The van der Waals surface area contributed by atoms with Crippen molar-refractivity contribution in [2.45, 2.75) is 23.5 Å². The van der Waals surface area contributed by atoms with Crippen molar-refractivity contribution in [2.75, 3.05) is 0 Å². The van der Waals surface area contributed by atoms with Gasteiger partial charge in [0.1, 0.15) is 11.6 Å². The average molecular weight is 380 g/mol. The number of aromatic nitrogens is 2. The quantitative estimate of drug-likeness (QED) is 0.659. The van der Waals surface area contributed by atoms with Crippen LogP contribution in [0.15, 0.2) is 57.4 Å². The molecule has 2 aromatic heterocycles. The van der Waals surface area contributed by atoms with E-state index in [1.807, 2.05) is 16.8 Å². The number of H-pyrrole nitrogens is 1. The number of aryl methyl sites for hydroxylation is 1. The van der Waals surface area contributed by atoms with Gasteiger partial charge in [-0.2, -0.15) is 16.6 Å². The van der Waals surface area contributed by atoms with Gasteiger partial charge in [-0.1, -0.05) is 17.7 Å². The van der Waals surface area contributed by atoms with Crippen molar-refractivity contribution in [3.8, 4) is 11.9 Å². The first-order valence-electron chi connectivity index (χ1n) is 8.03. The maximum atomic E-state index is 9.62. The molecule has 7 heteroatoms. The zero-order valence-corrected chi connectivity index (χ0v) is 15.7. The fourth-order valence-electron chi connectivity index (χ4n) is 2.98. The molecule has 1 aromatic carbocycles. The second-order valence-corrected chi connectivity index (χ2v) is 7.83. The van der Waals surface area contributed by atoms with Crippen molar-refractivity contribution in [2.24, 2.45) is 5.73 Å². The summed E-state index contributed by atoms with van der Waals surface area (Å²) in [4.78, 5) is 1.18. The van der Waals surface area contributed by atoms with Crippen LogP contribution in [0.5, 0.6) is 5.88 Å². The third kappa shape index (κ3) is 2.98. The fraction of sp³-hybridized carbons (Fsp3) is 0.158. The lowest BCUT2D eigenvalue weighted by atomic mass is 9.86. The minimum Gasteiger partial charge on any atom is -0.420 e. The van der Waals surface area contributed by atoms with Crippen molar-refractivity contribution in [3.63, 3.8) is 0 Å². The van der Waals surface area contributed by atoms with Gasteiger partial charge in [0.2, 0.25) is 11.8 Å². The van der Waals surface area contributed by atoms with E-state index in [0.717, 1.165) is 16.8 Å². The van der Waals surface area contributed by atoms with Crippen LogP contribution in [0.4, 0.5) is 0 Å². The smallest absolute Gasteiger partial charge is 0.244 e. The number of nitriles is 1. The van der Waals surface area contributed by atoms with E-state index in [2.05, 4.69) is 47.5 Å². The zero-order valence-electron chi connectivity index (χ0n) is 14.0. The Bertz CT molecular complexity index is 997. The molecule has 0 bridgehead atoms. The number of hydrogen-bond acceptors (Lipinski definition) is 6. The fourth-order valence-corrected chi connectivity index (χ4v) is 4.53. The Balaban J connectivity index is 1.69. The summed E-state index contributed by atoms with van der Waals surface area (Å²) in [5, 5.41) is 21.0. The minimum atomic E-state index is -0.248. The molecule has 3 N–H and O–H groups in total. The number of thiophene rings is 1. The Labute approximate surface area is 159 Å². The van der Waals surface area contributed by atoms with Crippen LogP contribution in [0.25, 0.3) is 0 Å². The van der Waals surface area contributed by atoms with E-state index in [1.54, 1.807) is 23.1 Å². The molecule has 0 saturated carbocycles. The van der Waals surface area contributed by atoms with Crippen molar-refractivity contribution in [1.29, 1.82) is 5.26 Å². The number of nitrogens with one attached hydrogen (secondary N) is 1. The first-order chi connectivity index (χ1) is 12.7. The predicted molar refractivity (Wildman–Crippen MR) is 103 cm³/mol. The van der Waals surface area contributed by atoms with Crippen LogP contribution < -0.4 is 10.5 Å². The topological polar surface area (TPSA) is 87.7 Å². The number of ether oxygens (including phenoxy) is 1. The van der Waals surface area contributed by atoms with Gasteiger partial charge in [0, 0.05) is 10.6 Å². The molecule has 0 saturated heterocycles. The monoisotopic (exact) mass is 380 g/mol. The number of rotatable bonds is 4. The van der Waals surface area contributed by atoms with Gasteiger partial charge in [-0.25, -0.2) is 0 Å². The van der Waals surface area contributed by atoms with Crippen LogP contribution >= 0.6 is 23.1 Å². The van der Waals surface area contributed by atoms with Crippen LogP contribution in [0.2, 0.25) is 0 Å². The summed E-state index contributed by atoms with van der Waals surface area (Å²) in [5.41, 5.74) is 10.5. The number of fused-ring (bicyclic) bond motifs is 1. The Morgan fingerprint density at radius 2 is 2.15 bits per heavy atom. The second kappa shape index (κ2) is 6.90. The van der Waals surface area contributed by atoms with Gasteiger partial charge in [0.05, 0.1) is 17.2 Å². The van der Waals surface area contributed by atoms with E-state index in [1.165, 1.54) is 10.5 Å². The zero-order chi connectivity index (χ0) is 18.1. The number of nitrogens with two attached hydrogens (primary N) is 1. The molecule has 3 aromatic rings. The third-order valence-electron chi connectivity index (χ3n) is 4.30. The highest BCUT2D eigenvalue weighted by atomic mass is 32.2. The second-order valence-electron chi connectivity index (χ2n) is 6.00. The summed E-state index contributed by atoms with van der Waals surface area (Å²) >= 11 is 3.31. The SMILES string of the molecule is Cc1ccc(SCc2[nH]nc3c2C(c2ccsc2)C(C#N)=C(N)O3)cc1. The molecule has 0 amide bonds. The van der Waals surface area contributed by atoms with Gasteiger partial charge in [-0.05, 0) is 41.4 Å². The summed E-state index contributed by atoms with van der Waals surface area (Å²) in [7, 11) is 0. The lowest BCUT2D eigenvalue weighted by Gasteiger charge is -2.23. The molecule has 1 aliphatic heterocycles. The molecular weight excluding hydrogens is 364 g/mol. The predicted octanol–water partition coefficient (Wildman–Crippen LogP) is 4.29. The van der Waals surface area contributed by atoms with Gasteiger partial charge >= 0.3 is 0 Å². The summed E-state index contributed by atoms with van der Waals surface area (Å²) in [6.45, 7) is 2.07. The Morgan fingerprint density at radius 1 is 1.35 bits per heavy atom. The minimum absolute atomic E-state index is 0.125. The molecule has 130 valence electrons. The first-order valence-corrected chi connectivity index (χ1v) is 9.96. The number of hydrogen-bond donors (Lipinski definition) is 2. The van der Waals surface area contributed by atoms with E-state index < -0.39 is 0 Å². The number of allylic oxidation sites excluding steroid dienone is 1. The number of thioether (sulfide) groups is 1. The normalized spacial score (nSPS) is 16.1. The Kier molecular flexibility index (Phi) is 4.45. The van der Waals surface area contributed by atoms with Gasteiger partial charge in [-0.3, -0.25) is 5.10 Å². The summed E-state index contributed by atoms with van der Waals surface area (Å²) in [5.74, 6) is 1.04. The highest BCUT2D eigenvalue weighted by molar-refractivity contribution is 7.98. The molecule has 0 spiro atoms. The highest BCUT2D eigenvalue weighted by Crippen LogP contribution is 2.44. The number of nitrogens with zero attached hydrogens (tertiary/aromatic N) is 2. The lowest BCUT2D eigenvalue weighted by molar-refractivity contribution is 0.379. The first kappa shape index (κ1) is 16.8. The third-order valence-corrected chi connectivity index (χ3v) is 6.04. The van der Waals surface area contributed by atoms with Gasteiger partial charge in [0.15, 0.2) is 0 Å². The number of aromatic amines is 1. The van der Waals surface area contributed by atoms with E-state index in [-0.39, 0.29) is 11.8 Å². The molecule has 5 nitrogen and oxygen atoms in total. The maximum Gasteiger partial charge on any atom is 0.244 e. The molecule has 3 heterocycles. The van der Waals surface area contributed by atoms with Gasteiger partial charge in [-0.15, -0.1) is 16.9 Å². The Morgan fingerprint density at radius 3 is 2.85 bits per heavy atom. The molecule has 26 heavy (non-hydrogen) atoms. The molecule has 0 radical (unpaired) electrons. The average Bonchev–Trinajstić information content (AvgIpc) is 3.30. The maximum absolute atomic E-state index is 9.62. The molecular formula is C19H16N4OS2. The molecule has 1 unspecified atom stereocenters.